The van der Waals surface area contributed by atoms with Crippen molar-refractivity contribution < 1.29 is 13.9 Å². The normalized spacial score (nSPS) is 16.1. The van der Waals surface area contributed by atoms with Gasteiger partial charge in [-0.3, -0.25) is 15.1 Å². The quantitative estimate of drug-likeness (QED) is 0.353. The molecule has 0 spiro atoms. The van der Waals surface area contributed by atoms with Crippen molar-refractivity contribution in [3.05, 3.63) is 64.4 Å². The largest absolute Gasteiger partial charge is 0.380 e. The number of aliphatic imine (C=N–C) groups is 1. The number of guanidine groups is 1. The number of fused-ring (bicyclic) bond motifs is 1. The van der Waals surface area contributed by atoms with Gasteiger partial charge in [-0.25, -0.2) is 4.39 Å². The van der Waals surface area contributed by atoms with Crippen molar-refractivity contribution >= 4 is 29.2 Å². The summed E-state index contributed by atoms with van der Waals surface area (Å²) < 4.78 is 19.0. The summed E-state index contributed by atoms with van der Waals surface area (Å²) in [7, 11) is 0. The first-order valence-corrected chi connectivity index (χ1v) is 10.2. The standard InChI is InChI=1S/C21H25ClFN5O2/c1-3-28-19(17-9-8-16(23)13-18(17)27-28)25-21(24-10-11-30-4-2)26-20(29)14-6-5-7-15(22)12-14/h5-9,12-13,19,27H,3-4,10-11H2,1-2H3,(H2,24,25,26,29). The molecule has 0 saturated carbocycles. The molecule has 160 valence electrons. The fourth-order valence-corrected chi connectivity index (χ4v) is 3.29. The Hall–Kier alpha value is -2.68. The summed E-state index contributed by atoms with van der Waals surface area (Å²) >= 11 is 6.00. The Morgan fingerprint density at radius 1 is 1.30 bits per heavy atom. The van der Waals surface area contributed by atoms with E-state index in [9.17, 15) is 9.18 Å². The first-order valence-electron chi connectivity index (χ1n) is 9.80. The van der Waals surface area contributed by atoms with Crippen molar-refractivity contribution in [3.8, 4) is 0 Å². The van der Waals surface area contributed by atoms with Crippen LogP contribution in [0.3, 0.4) is 0 Å². The zero-order valence-electron chi connectivity index (χ0n) is 16.9. The van der Waals surface area contributed by atoms with Crippen LogP contribution in [0.5, 0.6) is 0 Å². The molecular weight excluding hydrogens is 409 g/mol. The highest BCUT2D eigenvalue weighted by atomic mass is 35.5. The van der Waals surface area contributed by atoms with E-state index >= 15 is 0 Å². The number of amides is 1. The molecule has 3 N–H and O–H groups in total. The Bertz CT molecular complexity index is 924. The van der Waals surface area contributed by atoms with Gasteiger partial charge in [-0.1, -0.05) is 30.7 Å². The Balaban J connectivity index is 1.81. The van der Waals surface area contributed by atoms with Gasteiger partial charge in [0.05, 0.1) is 18.8 Å². The van der Waals surface area contributed by atoms with Crippen molar-refractivity contribution in [1.82, 2.24) is 15.6 Å². The number of nitrogens with zero attached hydrogens (tertiary/aromatic N) is 2. The first kappa shape index (κ1) is 22.0. The lowest BCUT2D eigenvalue weighted by molar-refractivity contribution is 0.0974. The maximum Gasteiger partial charge on any atom is 0.257 e. The van der Waals surface area contributed by atoms with Gasteiger partial charge in [-0.05, 0) is 37.3 Å². The molecule has 2 aromatic rings. The minimum atomic E-state index is -0.339. The van der Waals surface area contributed by atoms with Crippen LogP contribution in [-0.4, -0.2) is 43.2 Å². The molecule has 0 radical (unpaired) electrons. The number of anilines is 1. The molecule has 0 saturated heterocycles. The van der Waals surface area contributed by atoms with Crippen LogP contribution in [0.1, 0.15) is 35.9 Å². The second-order valence-corrected chi connectivity index (χ2v) is 7.00. The van der Waals surface area contributed by atoms with Gasteiger partial charge in [0.25, 0.3) is 5.91 Å². The van der Waals surface area contributed by atoms with E-state index in [4.69, 9.17) is 16.3 Å². The van der Waals surface area contributed by atoms with Gasteiger partial charge in [0.1, 0.15) is 12.0 Å². The number of nitrogens with one attached hydrogen (secondary N) is 3. The number of hydrogen-bond donors (Lipinski definition) is 3. The maximum atomic E-state index is 13.6. The highest BCUT2D eigenvalue weighted by Gasteiger charge is 2.30. The fraction of sp³-hybridized carbons (Fsp3) is 0.333. The zero-order chi connectivity index (χ0) is 21.5. The van der Waals surface area contributed by atoms with Crippen LogP contribution in [0, 0.1) is 5.82 Å². The topological polar surface area (TPSA) is 78.0 Å². The van der Waals surface area contributed by atoms with Crippen LogP contribution in [0.15, 0.2) is 47.5 Å². The van der Waals surface area contributed by atoms with Crippen molar-refractivity contribution in [2.24, 2.45) is 4.99 Å². The second-order valence-electron chi connectivity index (χ2n) is 6.57. The average Bonchev–Trinajstić information content (AvgIpc) is 3.07. The molecule has 0 fully saturated rings. The summed E-state index contributed by atoms with van der Waals surface area (Å²) in [6.45, 7) is 5.90. The SMILES string of the molecule is CCOCCN=C(NC(=O)c1cccc(Cl)c1)NC1c2ccc(F)cc2NN1CC. The van der Waals surface area contributed by atoms with Crippen molar-refractivity contribution in [3.63, 3.8) is 0 Å². The number of halogens is 2. The second kappa shape index (κ2) is 10.4. The summed E-state index contributed by atoms with van der Waals surface area (Å²) in [6.07, 6.45) is -0.337. The van der Waals surface area contributed by atoms with Crippen LogP contribution in [0.2, 0.25) is 5.02 Å². The molecule has 1 unspecified atom stereocenters. The third-order valence-electron chi connectivity index (χ3n) is 4.53. The highest BCUT2D eigenvalue weighted by Crippen LogP contribution is 2.33. The molecule has 1 heterocycles. The molecule has 1 atom stereocenters. The third-order valence-corrected chi connectivity index (χ3v) is 4.76. The van der Waals surface area contributed by atoms with Crippen LogP contribution in [0.25, 0.3) is 0 Å². The zero-order valence-corrected chi connectivity index (χ0v) is 17.7. The Morgan fingerprint density at radius 3 is 2.87 bits per heavy atom. The van der Waals surface area contributed by atoms with Gasteiger partial charge in [0, 0.05) is 29.3 Å². The van der Waals surface area contributed by atoms with Gasteiger partial charge in [-0.2, -0.15) is 5.01 Å². The molecule has 9 heteroatoms. The summed E-state index contributed by atoms with van der Waals surface area (Å²) in [5.41, 5.74) is 5.11. The molecule has 1 amide bonds. The lowest BCUT2D eigenvalue weighted by Crippen LogP contribution is -2.47. The van der Waals surface area contributed by atoms with E-state index in [1.54, 1.807) is 30.3 Å². The number of hydrogen-bond acceptors (Lipinski definition) is 5. The molecule has 0 aromatic heterocycles. The van der Waals surface area contributed by atoms with E-state index in [0.717, 1.165) is 5.56 Å². The Kier molecular flexibility index (Phi) is 7.62. The number of benzene rings is 2. The van der Waals surface area contributed by atoms with E-state index in [1.165, 1.54) is 12.1 Å². The minimum absolute atomic E-state index is 0.294. The summed E-state index contributed by atoms with van der Waals surface area (Å²) in [5.74, 6) is -0.367. The molecule has 2 aromatic carbocycles. The summed E-state index contributed by atoms with van der Waals surface area (Å²) in [5, 5.41) is 8.43. The van der Waals surface area contributed by atoms with Crippen LogP contribution in [-0.2, 0) is 4.74 Å². The van der Waals surface area contributed by atoms with Gasteiger partial charge < -0.3 is 15.5 Å². The minimum Gasteiger partial charge on any atom is -0.380 e. The van der Waals surface area contributed by atoms with E-state index in [2.05, 4.69) is 21.1 Å². The number of rotatable bonds is 7. The van der Waals surface area contributed by atoms with E-state index in [1.807, 2.05) is 18.9 Å². The molecular formula is C21H25ClFN5O2. The van der Waals surface area contributed by atoms with Gasteiger partial charge in [0.15, 0.2) is 5.96 Å². The predicted molar refractivity (Wildman–Crippen MR) is 116 cm³/mol. The van der Waals surface area contributed by atoms with Crippen molar-refractivity contribution in [2.45, 2.75) is 20.0 Å². The van der Waals surface area contributed by atoms with Crippen molar-refractivity contribution in [2.75, 3.05) is 31.7 Å². The Labute approximate surface area is 180 Å². The van der Waals surface area contributed by atoms with Crippen LogP contribution < -0.4 is 16.1 Å². The predicted octanol–water partition coefficient (Wildman–Crippen LogP) is 3.55. The fourth-order valence-electron chi connectivity index (χ4n) is 3.09. The maximum absolute atomic E-state index is 13.6. The number of ether oxygens (including phenoxy) is 1. The Morgan fingerprint density at radius 2 is 2.13 bits per heavy atom. The van der Waals surface area contributed by atoms with E-state index < -0.39 is 0 Å². The van der Waals surface area contributed by atoms with Crippen LogP contribution >= 0.6 is 11.6 Å². The molecule has 0 aliphatic carbocycles. The third kappa shape index (κ3) is 5.47. The average molecular weight is 434 g/mol. The van der Waals surface area contributed by atoms with E-state index in [0.29, 0.717) is 48.5 Å². The molecule has 7 nitrogen and oxygen atoms in total. The lowest BCUT2D eigenvalue weighted by Gasteiger charge is -2.25. The number of carbonyl (C=O) groups excluding carboxylic acids is 1. The van der Waals surface area contributed by atoms with Gasteiger partial charge >= 0.3 is 0 Å². The van der Waals surface area contributed by atoms with Gasteiger partial charge in [-0.15, -0.1) is 0 Å². The molecule has 1 aliphatic rings. The van der Waals surface area contributed by atoms with Gasteiger partial charge in [0.2, 0.25) is 0 Å². The lowest BCUT2D eigenvalue weighted by atomic mass is 10.1. The van der Waals surface area contributed by atoms with Crippen molar-refractivity contribution in [1.29, 1.82) is 0 Å². The first-order chi connectivity index (χ1) is 14.5. The highest BCUT2D eigenvalue weighted by molar-refractivity contribution is 6.31. The molecule has 1 aliphatic heterocycles. The molecule has 3 rings (SSSR count). The smallest absolute Gasteiger partial charge is 0.257 e. The summed E-state index contributed by atoms with van der Waals surface area (Å²) in [6, 6.07) is 11.2. The monoisotopic (exact) mass is 433 g/mol. The number of carbonyl (C=O) groups is 1. The molecule has 30 heavy (non-hydrogen) atoms. The van der Waals surface area contributed by atoms with Crippen LogP contribution in [0.4, 0.5) is 10.1 Å². The summed E-state index contributed by atoms with van der Waals surface area (Å²) in [4.78, 5) is 17.2. The number of hydrazine groups is 1. The van der Waals surface area contributed by atoms with E-state index in [-0.39, 0.29) is 17.9 Å². The molecule has 0 bridgehead atoms.